The van der Waals surface area contributed by atoms with Gasteiger partial charge in [-0.3, -0.25) is 4.79 Å². The van der Waals surface area contributed by atoms with Gasteiger partial charge >= 0.3 is 0 Å². The summed E-state index contributed by atoms with van der Waals surface area (Å²) in [4.78, 5) is 21.6. The van der Waals surface area contributed by atoms with Gasteiger partial charge in [0.05, 0.1) is 10.2 Å². The number of fused-ring (bicyclic) bond motifs is 1. The summed E-state index contributed by atoms with van der Waals surface area (Å²) in [7, 11) is 0. The van der Waals surface area contributed by atoms with Gasteiger partial charge in [0, 0.05) is 31.7 Å². The number of aromatic nitrogens is 1. The van der Waals surface area contributed by atoms with Gasteiger partial charge in [-0.1, -0.05) is 41.2 Å². The maximum absolute atomic E-state index is 12.6. The molecule has 0 N–H and O–H groups in total. The lowest BCUT2D eigenvalue weighted by Gasteiger charge is -2.34. The number of hydrogen-bond acceptors (Lipinski definition) is 4. The summed E-state index contributed by atoms with van der Waals surface area (Å²) in [5.41, 5.74) is 2.95. The number of aryl methyl sites for hydroxylation is 1. The number of nitrogens with zero attached hydrogens (tertiary/aromatic N) is 3. The fourth-order valence-electron chi connectivity index (χ4n) is 3.06. The molecule has 2 heterocycles. The Hall–Kier alpha value is -2.40. The summed E-state index contributed by atoms with van der Waals surface area (Å²) in [6, 6.07) is 16.0. The summed E-state index contributed by atoms with van der Waals surface area (Å²) >= 11 is 1.72. The number of benzene rings is 2. The Labute approximate surface area is 145 Å². The standard InChI is InChI=1S/C19H19N3OS/c1-14-5-4-6-15(13-14)18(23)21-9-11-22(12-10-21)19-20-16-7-2-3-8-17(16)24-19/h2-8,13H,9-12H2,1H3. The van der Waals surface area contributed by atoms with E-state index in [2.05, 4.69) is 11.0 Å². The third-order valence-electron chi connectivity index (χ3n) is 4.39. The molecule has 1 fully saturated rings. The fourth-order valence-corrected chi connectivity index (χ4v) is 4.07. The van der Waals surface area contributed by atoms with Gasteiger partial charge in [-0.05, 0) is 31.2 Å². The molecule has 0 radical (unpaired) electrons. The molecule has 0 unspecified atom stereocenters. The smallest absolute Gasteiger partial charge is 0.253 e. The van der Waals surface area contributed by atoms with Crippen LogP contribution in [0.5, 0.6) is 0 Å². The van der Waals surface area contributed by atoms with Crippen LogP contribution in [0.2, 0.25) is 0 Å². The van der Waals surface area contributed by atoms with Gasteiger partial charge in [-0.2, -0.15) is 0 Å². The van der Waals surface area contributed by atoms with E-state index in [0.29, 0.717) is 0 Å². The minimum absolute atomic E-state index is 0.127. The van der Waals surface area contributed by atoms with Crippen molar-refractivity contribution in [1.29, 1.82) is 0 Å². The van der Waals surface area contributed by atoms with E-state index in [0.717, 1.165) is 48.0 Å². The third kappa shape index (κ3) is 2.87. The van der Waals surface area contributed by atoms with Crippen molar-refractivity contribution in [2.24, 2.45) is 0 Å². The van der Waals surface area contributed by atoms with E-state index < -0.39 is 0 Å². The van der Waals surface area contributed by atoms with Crippen molar-refractivity contribution in [1.82, 2.24) is 9.88 Å². The number of carbonyl (C=O) groups is 1. The highest BCUT2D eigenvalue weighted by atomic mass is 32.1. The molecule has 5 heteroatoms. The van der Waals surface area contributed by atoms with Crippen LogP contribution in [0.15, 0.2) is 48.5 Å². The molecule has 0 atom stereocenters. The predicted molar refractivity (Wildman–Crippen MR) is 98.9 cm³/mol. The number of carbonyl (C=O) groups excluding carboxylic acids is 1. The monoisotopic (exact) mass is 337 g/mol. The predicted octanol–water partition coefficient (Wildman–Crippen LogP) is 3.57. The highest BCUT2D eigenvalue weighted by Gasteiger charge is 2.23. The van der Waals surface area contributed by atoms with Crippen LogP contribution in [-0.2, 0) is 0 Å². The molecule has 1 aliphatic rings. The highest BCUT2D eigenvalue weighted by Crippen LogP contribution is 2.29. The topological polar surface area (TPSA) is 36.4 Å². The van der Waals surface area contributed by atoms with Crippen LogP contribution in [-0.4, -0.2) is 42.0 Å². The van der Waals surface area contributed by atoms with Gasteiger partial charge in [-0.15, -0.1) is 0 Å². The summed E-state index contributed by atoms with van der Waals surface area (Å²) in [6.07, 6.45) is 0. The molecule has 1 saturated heterocycles. The first-order valence-electron chi connectivity index (χ1n) is 8.17. The van der Waals surface area contributed by atoms with Gasteiger partial charge in [0.15, 0.2) is 5.13 Å². The van der Waals surface area contributed by atoms with Crippen molar-refractivity contribution in [3.05, 3.63) is 59.7 Å². The van der Waals surface area contributed by atoms with Crippen LogP contribution in [0, 0.1) is 6.92 Å². The lowest BCUT2D eigenvalue weighted by Crippen LogP contribution is -2.48. The summed E-state index contributed by atoms with van der Waals surface area (Å²) in [6.45, 7) is 5.15. The average molecular weight is 337 g/mol. The molecule has 3 aromatic rings. The van der Waals surface area contributed by atoms with Crippen LogP contribution >= 0.6 is 11.3 Å². The average Bonchev–Trinajstić information content (AvgIpc) is 3.05. The second-order valence-electron chi connectivity index (χ2n) is 6.11. The van der Waals surface area contributed by atoms with Crippen molar-refractivity contribution in [2.45, 2.75) is 6.92 Å². The van der Waals surface area contributed by atoms with E-state index in [4.69, 9.17) is 4.98 Å². The zero-order valence-electron chi connectivity index (χ0n) is 13.6. The zero-order valence-corrected chi connectivity index (χ0v) is 14.4. The van der Waals surface area contributed by atoms with Crippen LogP contribution in [0.4, 0.5) is 5.13 Å². The lowest BCUT2D eigenvalue weighted by atomic mass is 10.1. The molecule has 0 saturated carbocycles. The van der Waals surface area contributed by atoms with Crippen LogP contribution in [0.25, 0.3) is 10.2 Å². The quantitative estimate of drug-likeness (QED) is 0.717. The summed E-state index contributed by atoms with van der Waals surface area (Å²) < 4.78 is 1.21. The molecular formula is C19H19N3OS. The van der Waals surface area contributed by atoms with E-state index in [1.807, 2.05) is 54.3 Å². The fraction of sp³-hybridized carbons (Fsp3) is 0.263. The van der Waals surface area contributed by atoms with Gasteiger partial charge in [0.1, 0.15) is 0 Å². The minimum atomic E-state index is 0.127. The van der Waals surface area contributed by atoms with E-state index in [-0.39, 0.29) is 5.91 Å². The number of anilines is 1. The first kappa shape index (κ1) is 15.1. The Morgan fingerprint density at radius 3 is 2.58 bits per heavy atom. The molecule has 0 aliphatic carbocycles. The maximum Gasteiger partial charge on any atom is 0.253 e. The second-order valence-corrected chi connectivity index (χ2v) is 7.12. The number of para-hydroxylation sites is 1. The maximum atomic E-state index is 12.6. The van der Waals surface area contributed by atoms with Crippen molar-refractivity contribution < 1.29 is 4.79 Å². The van der Waals surface area contributed by atoms with Gasteiger partial charge in [-0.25, -0.2) is 4.98 Å². The first-order valence-corrected chi connectivity index (χ1v) is 8.99. The second kappa shape index (κ2) is 6.24. The van der Waals surface area contributed by atoms with Crippen LogP contribution in [0.3, 0.4) is 0 Å². The summed E-state index contributed by atoms with van der Waals surface area (Å²) in [5, 5.41) is 1.05. The minimum Gasteiger partial charge on any atom is -0.345 e. The zero-order chi connectivity index (χ0) is 16.5. The SMILES string of the molecule is Cc1cccc(C(=O)N2CCN(c3nc4ccccc4s3)CC2)c1. The Balaban J connectivity index is 1.45. The normalized spacial score (nSPS) is 15.0. The van der Waals surface area contributed by atoms with Crippen molar-refractivity contribution >= 4 is 32.6 Å². The van der Waals surface area contributed by atoms with Crippen molar-refractivity contribution in [3.8, 4) is 0 Å². The lowest BCUT2D eigenvalue weighted by molar-refractivity contribution is 0.0746. The number of hydrogen-bond donors (Lipinski definition) is 0. The van der Waals surface area contributed by atoms with Crippen molar-refractivity contribution in [3.63, 3.8) is 0 Å². The first-order chi connectivity index (χ1) is 11.7. The molecule has 4 nitrogen and oxygen atoms in total. The Bertz CT molecular complexity index is 848. The highest BCUT2D eigenvalue weighted by molar-refractivity contribution is 7.22. The number of amides is 1. The van der Waals surface area contributed by atoms with E-state index in [1.165, 1.54) is 4.70 Å². The molecule has 4 rings (SSSR count). The Morgan fingerprint density at radius 2 is 1.83 bits per heavy atom. The Kier molecular flexibility index (Phi) is 3.94. The number of piperazine rings is 1. The molecule has 1 amide bonds. The largest absolute Gasteiger partial charge is 0.345 e. The summed E-state index contributed by atoms with van der Waals surface area (Å²) in [5.74, 6) is 0.127. The molecule has 0 spiro atoms. The van der Waals surface area contributed by atoms with E-state index in [9.17, 15) is 4.79 Å². The molecule has 1 aliphatic heterocycles. The number of thiazole rings is 1. The molecule has 2 aromatic carbocycles. The molecular weight excluding hydrogens is 318 g/mol. The van der Waals surface area contributed by atoms with Gasteiger partial charge in [0.2, 0.25) is 0 Å². The van der Waals surface area contributed by atoms with Crippen LogP contribution < -0.4 is 4.90 Å². The Morgan fingerprint density at radius 1 is 1.04 bits per heavy atom. The van der Waals surface area contributed by atoms with Gasteiger partial charge < -0.3 is 9.80 Å². The molecule has 122 valence electrons. The molecule has 0 bridgehead atoms. The van der Waals surface area contributed by atoms with Gasteiger partial charge in [0.25, 0.3) is 5.91 Å². The molecule has 24 heavy (non-hydrogen) atoms. The molecule has 1 aromatic heterocycles. The van der Waals surface area contributed by atoms with E-state index >= 15 is 0 Å². The third-order valence-corrected chi connectivity index (χ3v) is 5.48. The van der Waals surface area contributed by atoms with E-state index in [1.54, 1.807) is 11.3 Å². The number of rotatable bonds is 2. The van der Waals surface area contributed by atoms with Crippen molar-refractivity contribution in [2.75, 3.05) is 31.1 Å². The van der Waals surface area contributed by atoms with Crippen LogP contribution in [0.1, 0.15) is 15.9 Å².